The van der Waals surface area contributed by atoms with E-state index in [9.17, 15) is 28.8 Å². The third-order valence-electron chi connectivity index (χ3n) is 5.99. The van der Waals surface area contributed by atoms with Crippen molar-refractivity contribution in [2.24, 2.45) is 0 Å². The molecule has 1 aromatic carbocycles. The molecule has 0 heterocycles. The Hall–Kier alpha value is -4.76. The first-order valence-electron chi connectivity index (χ1n) is 16.6. The highest BCUT2D eigenvalue weighted by molar-refractivity contribution is 5.86. The fraction of sp³-hybridized carbons (Fsp3) is 0.647. The van der Waals surface area contributed by atoms with Crippen molar-refractivity contribution in [2.75, 3.05) is 26.2 Å². The molecule has 2 atom stereocenters. The summed E-state index contributed by atoms with van der Waals surface area (Å²) < 4.78 is 21.0. The summed E-state index contributed by atoms with van der Waals surface area (Å²) in [5.41, 5.74) is -1.44. The predicted octanol–water partition coefficient (Wildman–Crippen LogP) is 3.63. The van der Waals surface area contributed by atoms with Gasteiger partial charge in [0.1, 0.15) is 35.5 Å². The average molecular weight is 709 g/mol. The summed E-state index contributed by atoms with van der Waals surface area (Å²) in [6.07, 6.45) is -2.56. The minimum absolute atomic E-state index is 0.0107. The molecular weight excluding hydrogens is 652 g/mol. The highest BCUT2D eigenvalue weighted by Crippen LogP contribution is 2.09. The quantitative estimate of drug-likeness (QED) is 0.108. The van der Waals surface area contributed by atoms with E-state index in [1.54, 1.807) is 86.6 Å². The molecule has 6 amide bonds. The highest BCUT2D eigenvalue weighted by atomic mass is 16.6. The normalized spacial score (nSPS) is 12.7. The Morgan fingerprint density at radius 2 is 0.980 bits per heavy atom. The van der Waals surface area contributed by atoms with Gasteiger partial charge >= 0.3 is 24.4 Å². The average Bonchev–Trinajstić information content (AvgIpc) is 2.96. The maximum atomic E-state index is 13.1. The summed E-state index contributed by atoms with van der Waals surface area (Å²) in [4.78, 5) is 75.1. The summed E-state index contributed by atoms with van der Waals surface area (Å²) in [6, 6.07) is 6.90. The predicted molar refractivity (Wildman–Crippen MR) is 185 cm³/mol. The van der Waals surface area contributed by atoms with Crippen molar-refractivity contribution in [3.63, 3.8) is 0 Å². The second kappa shape index (κ2) is 20.7. The Balaban J connectivity index is 2.79. The topological polar surface area (TPSA) is 212 Å². The highest BCUT2D eigenvalue weighted by Gasteiger charge is 2.26. The molecule has 0 spiro atoms. The minimum atomic E-state index is -1.08. The Morgan fingerprint density at radius 1 is 0.540 bits per heavy atom. The molecule has 0 radical (unpaired) electrons. The minimum Gasteiger partial charge on any atom is -0.445 e. The Bertz CT molecular complexity index is 1260. The number of carbonyl (C=O) groups excluding carboxylic acids is 6. The molecule has 282 valence electrons. The van der Waals surface area contributed by atoms with Crippen molar-refractivity contribution < 1.29 is 47.7 Å². The lowest BCUT2D eigenvalue weighted by Crippen LogP contribution is -2.50. The lowest BCUT2D eigenvalue weighted by molar-refractivity contribution is -0.123. The number of hydrogen-bond donors (Lipinski definition) is 6. The molecule has 0 aromatic heterocycles. The fourth-order valence-electron chi connectivity index (χ4n) is 3.96. The summed E-state index contributed by atoms with van der Waals surface area (Å²) in [5, 5.41) is 15.6. The molecule has 50 heavy (non-hydrogen) atoms. The molecule has 0 saturated carbocycles. The van der Waals surface area contributed by atoms with E-state index in [0.29, 0.717) is 0 Å². The maximum Gasteiger partial charge on any atom is 0.408 e. The van der Waals surface area contributed by atoms with Crippen molar-refractivity contribution in [3.05, 3.63) is 35.9 Å². The van der Waals surface area contributed by atoms with Crippen LogP contribution in [-0.2, 0) is 35.1 Å². The number of hydrogen-bond acceptors (Lipinski definition) is 10. The SMILES string of the molecule is CC(C)(C)OC(=O)NCCNC(=O)[C@H](CCCNC(=O)[C@H](CCNC(=O)OC(C)(C)C)NC(=O)OCc1ccccc1)NC(=O)OC(C)(C)C. The third-order valence-corrected chi connectivity index (χ3v) is 5.99. The number of ether oxygens (including phenoxy) is 4. The number of nitrogens with one attached hydrogen (secondary N) is 6. The molecule has 1 rings (SSSR count). The molecule has 1 aromatic rings. The molecule has 0 aliphatic heterocycles. The number of rotatable bonds is 16. The third kappa shape index (κ3) is 22.0. The first kappa shape index (κ1) is 43.3. The second-order valence-corrected chi connectivity index (χ2v) is 14.3. The number of amides is 6. The van der Waals surface area contributed by atoms with Crippen LogP contribution in [0.3, 0.4) is 0 Å². The lowest BCUT2D eigenvalue weighted by atomic mass is 10.1. The summed E-state index contributed by atoms with van der Waals surface area (Å²) >= 11 is 0. The van der Waals surface area contributed by atoms with Crippen molar-refractivity contribution in [3.8, 4) is 0 Å². The molecule has 0 unspecified atom stereocenters. The van der Waals surface area contributed by atoms with E-state index >= 15 is 0 Å². The van der Waals surface area contributed by atoms with Gasteiger partial charge in [-0.3, -0.25) is 9.59 Å². The van der Waals surface area contributed by atoms with Crippen LogP contribution in [0.2, 0.25) is 0 Å². The van der Waals surface area contributed by atoms with E-state index in [1.807, 2.05) is 6.07 Å². The van der Waals surface area contributed by atoms with Crippen LogP contribution in [0.5, 0.6) is 0 Å². The van der Waals surface area contributed by atoms with Crippen LogP contribution < -0.4 is 31.9 Å². The second-order valence-electron chi connectivity index (χ2n) is 14.3. The van der Waals surface area contributed by atoms with Crippen LogP contribution >= 0.6 is 0 Å². The van der Waals surface area contributed by atoms with Gasteiger partial charge in [0.05, 0.1) is 0 Å². The standard InChI is InChI=1S/C34H56N6O10/c1-32(2,3)48-28(43)37-19-17-25(39-30(45)47-22-23-14-11-10-12-15-23)27(42)35-18-13-16-24(40-31(46)50-34(7,8)9)26(41)36-20-21-38-29(44)49-33(4,5)6/h10-12,14-15,24-25H,13,16-22H2,1-9H3,(H,35,42)(H,36,41)(H,37,43)(H,38,44)(H,39,45)(H,40,46)/t24-,25-/m0/s1. The zero-order valence-electron chi connectivity index (χ0n) is 30.8. The van der Waals surface area contributed by atoms with Crippen molar-refractivity contribution in [1.82, 2.24) is 31.9 Å². The van der Waals surface area contributed by atoms with Gasteiger partial charge in [-0.05, 0) is 87.1 Å². The molecule has 0 bridgehead atoms. The van der Waals surface area contributed by atoms with Crippen LogP contribution in [0, 0.1) is 0 Å². The van der Waals surface area contributed by atoms with Gasteiger partial charge in [0, 0.05) is 26.2 Å². The number of carbonyl (C=O) groups is 6. The molecule has 0 aliphatic carbocycles. The van der Waals surface area contributed by atoms with Gasteiger partial charge in [-0.2, -0.15) is 0 Å². The van der Waals surface area contributed by atoms with Gasteiger partial charge in [-0.15, -0.1) is 0 Å². The van der Waals surface area contributed by atoms with Crippen LogP contribution in [-0.4, -0.2) is 91.3 Å². The monoisotopic (exact) mass is 708 g/mol. The van der Waals surface area contributed by atoms with Crippen molar-refractivity contribution in [1.29, 1.82) is 0 Å². The number of alkyl carbamates (subject to hydrolysis) is 4. The molecule has 0 aliphatic rings. The molecule has 6 N–H and O–H groups in total. The Labute approximate surface area is 294 Å². The molecule has 0 saturated heterocycles. The summed E-state index contributed by atoms with van der Waals surface area (Å²) in [6.45, 7) is 15.6. The van der Waals surface area contributed by atoms with E-state index in [1.165, 1.54) is 0 Å². The van der Waals surface area contributed by atoms with Crippen molar-refractivity contribution >= 4 is 36.2 Å². The van der Waals surface area contributed by atoms with Gasteiger partial charge in [0.25, 0.3) is 0 Å². The first-order valence-corrected chi connectivity index (χ1v) is 16.6. The van der Waals surface area contributed by atoms with Crippen LogP contribution in [0.1, 0.15) is 87.1 Å². The van der Waals surface area contributed by atoms with Crippen LogP contribution in [0.4, 0.5) is 19.2 Å². The zero-order valence-corrected chi connectivity index (χ0v) is 30.8. The lowest BCUT2D eigenvalue weighted by Gasteiger charge is -2.24. The van der Waals surface area contributed by atoms with E-state index in [-0.39, 0.29) is 52.0 Å². The van der Waals surface area contributed by atoms with Gasteiger partial charge in [-0.1, -0.05) is 30.3 Å². The molecule has 16 nitrogen and oxygen atoms in total. The Kier molecular flexibility index (Phi) is 17.9. The van der Waals surface area contributed by atoms with E-state index in [4.69, 9.17) is 18.9 Å². The van der Waals surface area contributed by atoms with Gasteiger partial charge in [-0.25, -0.2) is 19.2 Å². The van der Waals surface area contributed by atoms with Gasteiger partial charge in [0.15, 0.2) is 0 Å². The van der Waals surface area contributed by atoms with E-state index < -0.39 is 65.1 Å². The smallest absolute Gasteiger partial charge is 0.408 e. The molecule has 16 heteroatoms. The molecular formula is C34H56N6O10. The summed E-state index contributed by atoms with van der Waals surface area (Å²) in [5.74, 6) is -1.08. The van der Waals surface area contributed by atoms with Gasteiger partial charge in [0.2, 0.25) is 11.8 Å². The Morgan fingerprint density at radius 3 is 1.52 bits per heavy atom. The fourth-order valence-corrected chi connectivity index (χ4v) is 3.96. The molecule has 0 fully saturated rings. The van der Waals surface area contributed by atoms with Gasteiger partial charge < -0.3 is 50.8 Å². The number of benzene rings is 1. The zero-order chi connectivity index (χ0) is 38.0. The van der Waals surface area contributed by atoms with Crippen molar-refractivity contribution in [2.45, 2.75) is 117 Å². The summed E-state index contributed by atoms with van der Waals surface area (Å²) in [7, 11) is 0. The first-order chi connectivity index (χ1) is 23.1. The van der Waals surface area contributed by atoms with Crippen LogP contribution in [0.25, 0.3) is 0 Å². The van der Waals surface area contributed by atoms with E-state index in [2.05, 4.69) is 31.9 Å². The largest absolute Gasteiger partial charge is 0.445 e. The van der Waals surface area contributed by atoms with Crippen LogP contribution in [0.15, 0.2) is 30.3 Å². The maximum absolute atomic E-state index is 13.1. The van der Waals surface area contributed by atoms with E-state index in [0.717, 1.165) is 5.56 Å².